The monoisotopic (exact) mass is 229 g/mol. The van der Waals surface area contributed by atoms with Crippen LogP contribution in [-0.4, -0.2) is 15.8 Å². The number of rotatable bonds is 0. The number of fused-ring (bicyclic) bond motifs is 2. The van der Waals surface area contributed by atoms with E-state index in [1.165, 1.54) is 0 Å². The van der Waals surface area contributed by atoms with Crippen LogP contribution in [0.15, 0.2) is 18.3 Å². The van der Waals surface area contributed by atoms with Crippen molar-refractivity contribution in [3.8, 4) is 0 Å². The molecule has 0 bridgehead atoms. The van der Waals surface area contributed by atoms with Crippen LogP contribution in [0.1, 0.15) is 43.4 Å². The van der Waals surface area contributed by atoms with Gasteiger partial charge in [-0.05, 0) is 24.3 Å². The third-order valence-electron chi connectivity index (χ3n) is 3.94. The Kier molecular flexibility index (Phi) is 2.08. The van der Waals surface area contributed by atoms with Gasteiger partial charge in [0.1, 0.15) is 5.78 Å². The number of allylic oxidation sites excluding steroid dienone is 2. The summed E-state index contributed by atoms with van der Waals surface area (Å²) in [6, 6.07) is 0. The quantitative estimate of drug-likeness (QED) is 0.688. The Labute approximate surface area is 100.0 Å². The standard InChI is InChI=1S/C13H15N3O/c1-8-6-10(17)13(4-2-3-5-13)11-9(8)7-15-12(14)16-11/h2-3,7-8H,4-6H2,1H3,(H2,14,15,16)/t8-/m1/s1. The lowest BCUT2D eigenvalue weighted by Crippen LogP contribution is -2.40. The minimum atomic E-state index is -0.446. The summed E-state index contributed by atoms with van der Waals surface area (Å²) in [7, 11) is 0. The lowest BCUT2D eigenvalue weighted by molar-refractivity contribution is -0.125. The van der Waals surface area contributed by atoms with Crippen molar-refractivity contribution in [3.05, 3.63) is 29.6 Å². The smallest absolute Gasteiger partial charge is 0.220 e. The average Bonchev–Trinajstić information content (AvgIpc) is 2.77. The molecule has 1 spiro atoms. The van der Waals surface area contributed by atoms with Crippen molar-refractivity contribution >= 4 is 11.7 Å². The van der Waals surface area contributed by atoms with E-state index < -0.39 is 5.41 Å². The number of carbonyl (C=O) groups excluding carboxylic acids is 1. The lowest BCUT2D eigenvalue weighted by atomic mass is 9.67. The van der Waals surface area contributed by atoms with E-state index in [0.717, 1.165) is 24.1 Å². The van der Waals surface area contributed by atoms with Crippen LogP contribution in [0, 0.1) is 0 Å². The zero-order chi connectivity index (χ0) is 12.0. The number of Topliss-reactive ketones (excluding diaryl/α,β-unsaturated/α-hetero) is 1. The summed E-state index contributed by atoms with van der Waals surface area (Å²) in [5.74, 6) is 0.752. The van der Waals surface area contributed by atoms with Crippen molar-refractivity contribution in [2.75, 3.05) is 5.73 Å². The molecule has 0 radical (unpaired) electrons. The topological polar surface area (TPSA) is 68.9 Å². The molecule has 0 amide bonds. The average molecular weight is 229 g/mol. The highest BCUT2D eigenvalue weighted by Crippen LogP contribution is 2.46. The fourth-order valence-electron chi connectivity index (χ4n) is 2.94. The maximum absolute atomic E-state index is 12.4. The molecule has 0 saturated carbocycles. The van der Waals surface area contributed by atoms with E-state index in [9.17, 15) is 4.79 Å². The molecule has 2 aliphatic carbocycles. The van der Waals surface area contributed by atoms with Gasteiger partial charge in [-0.3, -0.25) is 4.79 Å². The van der Waals surface area contributed by atoms with Crippen molar-refractivity contribution in [1.82, 2.24) is 9.97 Å². The van der Waals surface area contributed by atoms with E-state index in [4.69, 9.17) is 5.73 Å². The molecule has 0 saturated heterocycles. The summed E-state index contributed by atoms with van der Waals surface area (Å²) < 4.78 is 0. The van der Waals surface area contributed by atoms with Gasteiger partial charge in [0, 0.05) is 12.6 Å². The molecule has 1 aromatic rings. The van der Waals surface area contributed by atoms with Gasteiger partial charge in [-0.25, -0.2) is 9.97 Å². The molecule has 4 heteroatoms. The van der Waals surface area contributed by atoms with Gasteiger partial charge in [0.05, 0.1) is 11.1 Å². The molecule has 88 valence electrons. The van der Waals surface area contributed by atoms with Crippen LogP contribution in [0.5, 0.6) is 0 Å². The fraction of sp³-hybridized carbons (Fsp3) is 0.462. The highest BCUT2D eigenvalue weighted by Gasteiger charge is 2.47. The second-order valence-electron chi connectivity index (χ2n) is 5.02. The Hall–Kier alpha value is -1.71. The molecule has 3 rings (SSSR count). The van der Waals surface area contributed by atoms with Gasteiger partial charge in [-0.15, -0.1) is 0 Å². The van der Waals surface area contributed by atoms with Crippen LogP contribution in [-0.2, 0) is 10.2 Å². The van der Waals surface area contributed by atoms with Gasteiger partial charge in [-0.2, -0.15) is 0 Å². The van der Waals surface area contributed by atoms with Gasteiger partial charge in [0.15, 0.2) is 0 Å². The molecule has 0 aromatic carbocycles. The maximum Gasteiger partial charge on any atom is 0.220 e. The summed E-state index contributed by atoms with van der Waals surface area (Å²) in [5, 5.41) is 0. The first kappa shape index (κ1) is 10.4. The summed E-state index contributed by atoms with van der Waals surface area (Å²) in [6.45, 7) is 2.05. The van der Waals surface area contributed by atoms with Crippen LogP contribution >= 0.6 is 0 Å². The predicted octanol–water partition coefficient (Wildman–Crippen LogP) is 1.72. The number of hydrogen-bond donors (Lipinski definition) is 1. The molecule has 0 unspecified atom stereocenters. The molecule has 1 atom stereocenters. The Bertz CT molecular complexity index is 513. The van der Waals surface area contributed by atoms with Gasteiger partial charge in [-0.1, -0.05) is 19.1 Å². The number of nitrogens with zero attached hydrogens (tertiary/aromatic N) is 2. The lowest BCUT2D eigenvalue weighted by Gasteiger charge is -2.35. The first-order chi connectivity index (χ1) is 8.13. The second-order valence-corrected chi connectivity index (χ2v) is 5.02. The number of nitrogens with two attached hydrogens (primary N) is 1. The van der Waals surface area contributed by atoms with Crippen molar-refractivity contribution in [2.45, 2.75) is 37.5 Å². The largest absolute Gasteiger partial charge is 0.368 e. The Morgan fingerprint density at radius 3 is 2.82 bits per heavy atom. The molecular formula is C13H15N3O. The first-order valence-corrected chi connectivity index (χ1v) is 5.95. The van der Waals surface area contributed by atoms with Crippen molar-refractivity contribution < 1.29 is 4.79 Å². The van der Waals surface area contributed by atoms with Crippen LogP contribution < -0.4 is 5.73 Å². The molecular weight excluding hydrogens is 214 g/mol. The summed E-state index contributed by atoms with van der Waals surface area (Å²) in [6.07, 6.45) is 8.01. The highest BCUT2D eigenvalue weighted by atomic mass is 16.1. The van der Waals surface area contributed by atoms with E-state index in [0.29, 0.717) is 12.2 Å². The van der Waals surface area contributed by atoms with Crippen LogP contribution in [0.3, 0.4) is 0 Å². The SMILES string of the molecule is C[C@@H]1CC(=O)C2(CC=CC2)c2nc(N)ncc21. The van der Waals surface area contributed by atoms with Gasteiger partial charge >= 0.3 is 0 Å². The molecule has 1 heterocycles. The Morgan fingerprint density at radius 1 is 1.41 bits per heavy atom. The van der Waals surface area contributed by atoms with Crippen LogP contribution in [0.25, 0.3) is 0 Å². The number of nitrogen functional groups attached to an aromatic ring is 1. The third kappa shape index (κ3) is 1.33. The number of hydrogen-bond acceptors (Lipinski definition) is 4. The minimum Gasteiger partial charge on any atom is -0.368 e. The molecule has 1 aromatic heterocycles. The van der Waals surface area contributed by atoms with Gasteiger partial charge in [0.2, 0.25) is 5.95 Å². The Balaban J connectivity index is 2.22. The number of aromatic nitrogens is 2. The summed E-state index contributed by atoms with van der Waals surface area (Å²) in [4.78, 5) is 20.8. The molecule has 4 nitrogen and oxygen atoms in total. The van der Waals surface area contributed by atoms with E-state index >= 15 is 0 Å². The zero-order valence-electron chi connectivity index (χ0n) is 9.81. The minimum absolute atomic E-state index is 0.198. The maximum atomic E-state index is 12.4. The molecule has 2 N–H and O–H groups in total. The molecule has 2 aliphatic rings. The van der Waals surface area contributed by atoms with E-state index in [-0.39, 0.29) is 11.9 Å². The van der Waals surface area contributed by atoms with Gasteiger partial charge in [0.25, 0.3) is 0 Å². The number of ketones is 1. The summed E-state index contributed by atoms with van der Waals surface area (Å²) in [5.41, 5.74) is 7.17. The number of anilines is 1. The van der Waals surface area contributed by atoms with Crippen molar-refractivity contribution in [1.29, 1.82) is 0 Å². The molecule has 0 fully saturated rings. The van der Waals surface area contributed by atoms with Crippen molar-refractivity contribution in [3.63, 3.8) is 0 Å². The van der Waals surface area contributed by atoms with Crippen LogP contribution in [0.4, 0.5) is 5.95 Å². The van der Waals surface area contributed by atoms with E-state index in [1.54, 1.807) is 6.20 Å². The fourth-order valence-corrected chi connectivity index (χ4v) is 2.94. The molecule has 17 heavy (non-hydrogen) atoms. The first-order valence-electron chi connectivity index (χ1n) is 5.95. The predicted molar refractivity (Wildman–Crippen MR) is 64.5 cm³/mol. The van der Waals surface area contributed by atoms with Gasteiger partial charge < -0.3 is 5.73 Å². The zero-order valence-corrected chi connectivity index (χ0v) is 9.81. The Morgan fingerprint density at radius 2 is 2.12 bits per heavy atom. The molecule has 0 aliphatic heterocycles. The summed E-state index contributed by atoms with van der Waals surface area (Å²) >= 11 is 0. The second kappa shape index (κ2) is 3.39. The van der Waals surface area contributed by atoms with Crippen molar-refractivity contribution in [2.24, 2.45) is 0 Å². The normalized spacial score (nSPS) is 25.2. The van der Waals surface area contributed by atoms with Crippen LogP contribution in [0.2, 0.25) is 0 Å². The van der Waals surface area contributed by atoms with E-state index in [1.807, 2.05) is 6.92 Å². The third-order valence-corrected chi connectivity index (χ3v) is 3.94. The van der Waals surface area contributed by atoms with E-state index in [2.05, 4.69) is 22.1 Å². The highest BCUT2D eigenvalue weighted by molar-refractivity contribution is 5.93. The number of carbonyl (C=O) groups is 1.